The highest BCUT2D eigenvalue weighted by Crippen LogP contribution is 2.30. The zero-order valence-corrected chi connectivity index (χ0v) is 21.3. The van der Waals surface area contributed by atoms with Crippen LogP contribution < -0.4 is 5.43 Å². The van der Waals surface area contributed by atoms with Crippen LogP contribution in [0.5, 0.6) is 0 Å². The molecular weight excluding hydrogens is 462 g/mol. The number of nitrogens with zero attached hydrogens (tertiary/aromatic N) is 4. The Bertz CT molecular complexity index is 1280. The van der Waals surface area contributed by atoms with Crippen molar-refractivity contribution in [2.45, 2.75) is 38.3 Å². The molecule has 8 heteroatoms. The number of nitrogens with one attached hydrogen (secondary N) is 1. The first-order valence-electron chi connectivity index (χ1n) is 10.9. The van der Waals surface area contributed by atoms with Gasteiger partial charge in [0.1, 0.15) is 0 Å². The number of para-hydroxylation sites is 1. The van der Waals surface area contributed by atoms with Crippen molar-refractivity contribution in [1.82, 2.24) is 20.2 Å². The molecule has 0 saturated carbocycles. The Labute approximate surface area is 208 Å². The monoisotopic (exact) mass is 489 g/mol. The molecule has 0 aliphatic carbocycles. The topological polar surface area (TPSA) is 72.2 Å². The van der Waals surface area contributed by atoms with E-state index in [1.165, 1.54) is 22.2 Å². The SMILES string of the molecule is Cc1ccc(/C=N\NC(=O)CSc2nnc(-c3ccc(C(C)(C)C)cc3)n2-c2ccccc2)s1. The lowest BCUT2D eigenvalue weighted by atomic mass is 9.87. The first kappa shape index (κ1) is 23.9. The maximum absolute atomic E-state index is 12.4. The van der Waals surface area contributed by atoms with Crippen LogP contribution in [0.25, 0.3) is 17.1 Å². The Hall–Kier alpha value is -3.23. The van der Waals surface area contributed by atoms with Crippen molar-refractivity contribution >= 4 is 35.2 Å². The van der Waals surface area contributed by atoms with Gasteiger partial charge in [-0.3, -0.25) is 9.36 Å². The number of benzene rings is 2. The van der Waals surface area contributed by atoms with Gasteiger partial charge in [-0.1, -0.05) is 75.0 Å². The first-order valence-corrected chi connectivity index (χ1v) is 12.7. The number of thioether (sulfide) groups is 1. The number of hydrogen-bond donors (Lipinski definition) is 1. The highest BCUT2D eigenvalue weighted by Gasteiger charge is 2.19. The summed E-state index contributed by atoms with van der Waals surface area (Å²) in [6.45, 7) is 8.62. The zero-order valence-electron chi connectivity index (χ0n) is 19.6. The normalized spacial score (nSPS) is 11.8. The van der Waals surface area contributed by atoms with Crippen molar-refractivity contribution in [2.75, 3.05) is 5.75 Å². The number of carbonyl (C=O) groups excluding carboxylic acids is 1. The van der Waals surface area contributed by atoms with Crippen LogP contribution in [0.15, 0.2) is 77.0 Å². The summed E-state index contributed by atoms with van der Waals surface area (Å²) in [6.07, 6.45) is 1.66. The number of hydrogen-bond acceptors (Lipinski definition) is 6. The van der Waals surface area contributed by atoms with Gasteiger partial charge in [-0.25, -0.2) is 5.43 Å². The molecule has 0 spiro atoms. The van der Waals surface area contributed by atoms with Gasteiger partial charge in [0.05, 0.1) is 12.0 Å². The van der Waals surface area contributed by atoms with E-state index >= 15 is 0 Å². The van der Waals surface area contributed by atoms with E-state index in [9.17, 15) is 4.79 Å². The minimum Gasteiger partial charge on any atom is -0.272 e. The van der Waals surface area contributed by atoms with Crippen LogP contribution in [0, 0.1) is 6.92 Å². The predicted octanol–water partition coefficient (Wildman–Crippen LogP) is 5.84. The molecule has 2 aromatic heterocycles. The molecule has 6 nitrogen and oxygen atoms in total. The highest BCUT2D eigenvalue weighted by atomic mass is 32.2. The van der Waals surface area contributed by atoms with E-state index in [1.54, 1.807) is 17.6 Å². The van der Waals surface area contributed by atoms with Crippen LogP contribution in [-0.4, -0.2) is 32.6 Å². The molecular formula is C26H27N5OS2. The van der Waals surface area contributed by atoms with E-state index in [2.05, 4.69) is 65.8 Å². The molecule has 0 saturated heterocycles. The summed E-state index contributed by atoms with van der Waals surface area (Å²) >= 11 is 2.95. The molecule has 0 radical (unpaired) electrons. The molecule has 0 aliphatic rings. The van der Waals surface area contributed by atoms with Gasteiger partial charge in [-0.15, -0.1) is 21.5 Å². The van der Waals surface area contributed by atoms with Gasteiger partial charge in [-0.2, -0.15) is 5.10 Å². The summed E-state index contributed by atoms with van der Waals surface area (Å²) < 4.78 is 1.99. The largest absolute Gasteiger partial charge is 0.272 e. The van der Waals surface area contributed by atoms with E-state index < -0.39 is 0 Å². The molecule has 0 aliphatic heterocycles. The molecule has 4 rings (SSSR count). The molecule has 0 atom stereocenters. The molecule has 2 aromatic carbocycles. The van der Waals surface area contributed by atoms with Crippen LogP contribution in [-0.2, 0) is 10.2 Å². The zero-order chi connectivity index (χ0) is 24.1. The quantitative estimate of drug-likeness (QED) is 0.201. The van der Waals surface area contributed by atoms with E-state index in [0.717, 1.165) is 22.0 Å². The molecule has 0 unspecified atom stereocenters. The second-order valence-corrected chi connectivity index (χ2v) is 11.1. The standard InChI is InChI=1S/C26H27N5OS2/c1-18-10-15-22(34-18)16-27-28-23(32)17-33-25-30-29-24(31(25)21-8-6-5-7-9-21)19-11-13-20(14-12-19)26(2,3)4/h5-16H,17H2,1-4H3,(H,28,32)/b27-16-. The molecule has 0 fully saturated rings. The summed E-state index contributed by atoms with van der Waals surface area (Å²) in [5.74, 6) is 0.711. The van der Waals surface area contributed by atoms with Crippen LogP contribution in [0.4, 0.5) is 0 Å². The lowest BCUT2D eigenvalue weighted by Gasteiger charge is -2.19. The van der Waals surface area contributed by atoms with Crippen molar-refractivity contribution in [3.05, 3.63) is 82.0 Å². The summed E-state index contributed by atoms with van der Waals surface area (Å²) in [5.41, 5.74) is 5.83. The first-order chi connectivity index (χ1) is 16.3. The highest BCUT2D eigenvalue weighted by molar-refractivity contribution is 7.99. The van der Waals surface area contributed by atoms with Gasteiger partial charge in [0, 0.05) is 21.0 Å². The van der Waals surface area contributed by atoms with Crippen LogP contribution in [0.3, 0.4) is 0 Å². The third kappa shape index (κ3) is 5.81. The minimum atomic E-state index is -0.201. The van der Waals surface area contributed by atoms with E-state index in [-0.39, 0.29) is 17.1 Å². The Morgan fingerprint density at radius 2 is 1.79 bits per heavy atom. The van der Waals surface area contributed by atoms with Crippen LogP contribution in [0.2, 0.25) is 0 Å². The maximum Gasteiger partial charge on any atom is 0.250 e. The summed E-state index contributed by atoms with van der Waals surface area (Å²) in [6, 6.07) is 22.4. The van der Waals surface area contributed by atoms with Gasteiger partial charge in [0.15, 0.2) is 11.0 Å². The van der Waals surface area contributed by atoms with Crippen molar-refractivity contribution in [3.8, 4) is 17.1 Å². The second-order valence-electron chi connectivity index (χ2n) is 8.83. The Morgan fingerprint density at radius 1 is 1.06 bits per heavy atom. The van der Waals surface area contributed by atoms with Gasteiger partial charge in [0.2, 0.25) is 0 Å². The van der Waals surface area contributed by atoms with Gasteiger partial charge in [0.25, 0.3) is 5.91 Å². The molecule has 4 aromatic rings. The molecule has 1 N–H and O–H groups in total. The van der Waals surface area contributed by atoms with E-state index in [0.29, 0.717) is 5.16 Å². The van der Waals surface area contributed by atoms with Crippen molar-refractivity contribution in [2.24, 2.45) is 5.10 Å². The van der Waals surface area contributed by atoms with Gasteiger partial charge < -0.3 is 0 Å². The van der Waals surface area contributed by atoms with Gasteiger partial charge >= 0.3 is 0 Å². The fraction of sp³-hybridized carbons (Fsp3) is 0.231. The summed E-state index contributed by atoms with van der Waals surface area (Å²) in [7, 11) is 0. The Balaban J connectivity index is 1.53. The lowest BCUT2D eigenvalue weighted by Crippen LogP contribution is -2.19. The predicted molar refractivity (Wildman–Crippen MR) is 141 cm³/mol. The molecule has 174 valence electrons. The number of aryl methyl sites for hydroxylation is 1. The van der Waals surface area contributed by atoms with E-state index in [4.69, 9.17) is 0 Å². The molecule has 34 heavy (non-hydrogen) atoms. The third-order valence-corrected chi connectivity index (χ3v) is 7.00. The third-order valence-electron chi connectivity index (χ3n) is 5.13. The minimum absolute atomic E-state index is 0.0742. The summed E-state index contributed by atoms with van der Waals surface area (Å²) in [5, 5.41) is 13.6. The smallest absolute Gasteiger partial charge is 0.250 e. The average molecular weight is 490 g/mol. The molecule has 1 amide bonds. The van der Waals surface area contributed by atoms with Crippen molar-refractivity contribution in [1.29, 1.82) is 0 Å². The summed E-state index contributed by atoms with van der Waals surface area (Å²) in [4.78, 5) is 14.6. The number of amides is 1. The fourth-order valence-electron chi connectivity index (χ4n) is 3.33. The number of thiophene rings is 1. The van der Waals surface area contributed by atoms with Crippen molar-refractivity contribution < 1.29 is 4.79 Å². The lowest BCUT2D eigenvalue weighted by molar-refractivity contribution is -0.118. The van der Waals surface area contributed by atoms with Gasteiger partial charge in [-0.05, 0) is 42.2 Å². The fourth-order valence-corrected chi connectivity index (χ4v) is 4.83. The Kier molecular flexibility index (Phi) is 7.29. The molecule has 2 heterocycles. The second kappa shape index (κ2) is 10.4. The Morgan fingerprint density at radius 3 is 2.44 bits per heavy atom. The van der Waals surface area contributed by atoms with Crippen LogP contribution in [0.1, 0.15) is 36.1 Å². The number of carbonyl (C=O) groups is 1. The maximum atomic E-state index is 12.4. The molecule has 0 bridgehead atoms. The number of hydrazone groups is 1. The van der Waals surface area contributed by atoms with Crippen LogP contribution >= 0.6 is 23.1 Å². The van der Waals surface area contributed by atoms with Crippen molar-refractivity contribution in [3.63, 3.8) is 0 Å². The number of aromatic nitrogens is 3. The van der Waals surface area contributed by atoms with E-state index in [1.807, 2.05) is 54.0 Å². The number of rotatable bonds is 7. The average Bonchev–Trinajstić information content (AvgIpc) is 3.44.